The maximum absolute atomic E-state index is 5.43. The van der Waals surface area contributed by atoms with Gasteiger partial charge in [0.2, 0.25) is 0 Å². The van der Waals surface area contributed by atoms with Gasteiger partial charge in [0.15, 0.2) is 0 Å². The first kappa shape index (κ1) is 15.3. The minimum atomic E-state index is 0.838. The van der Waals surface area contributed by atoms with E-state index in [1.807, 2.05) is 18.5 Å². The summed E-state index contributed by atoms with van der Waals surface area (Å²) in [5.74, 6) is 1.03. The second-order valence-electron chi connectivity index (χ2n) is 6.23. The standard InChI is InChI=1S/C19H22N4O/c1-15-4-5-17-16(3-2-6-20-17)18(15)19-21-7-8-23(19)10-9-22-11-13-24-14-12-22/h2-8H,9-14H2,1H3. The highest BCUT2D eigenvalue weighted by atomic mass is 16.5. The third kappa shape index (κ3) is 2.92. The van der Waals surface area contributed by atoms with Crippen molar-refractivity contribution in [2.45, 2.75) is 13.5 Å². The van der Waals surface area contributed by atoms with Gasteiger partial charge in [-0.15, -0.1) is 0 Å². The fraction of sp³-hybridized carbons (Fsp3) is 0.368. The highest BCUT2D eigenvalue weighted by Crippen LogP contribution is 2.30. The molecule has 0 aliphatic carbocycles. The molecular formula is C19H22N4O. The van der Waals surface area contributed by atoms with Crippen LogP contribution in [0.5, 0.6) is 0 Å². The van der Waals surface area contributed by atoms with Crippen LogP contribution in [0.15, 0.2) is 42.9 Å². The van der Waals surface area contributed by atoms with Crippen LogP contribution < -0.4 is 0 Å². The van der Waals surface area contributed by atoms with Gasteiger partial charge in [0.1, 0.15) is 5.82 Å². The maximum atomic E-state index is 5.43. The number of pyridine rings is 1. The number of fused-ring (bicyclic) bond motifs is 1. The van der Waals surface area contributed by atoms with Crippen LogP contribution in [0.25, 0.3) is 22.3 Å². The first-order chi connectivity index (χ1) is 11.8. The van der Waals surface area contributed by atoms with Crippen molar-refractivity contribution in [3.63, 3.8) is 0 Å². The van der Waals surface area contributed by atoms with Gasteiger partial charge in [0, 0.05) is 55.7 Å². The van der Waals surface area contributed by atoms with Gasteiger partial charge >= 0.3 is 0 Å². The molecule has 0 amide bonds. The van der Waals surface area contributed by atoms with Crippen molar-refractivity contribution >= 4 is 10.9 Å². The number of rotatable bonds is 4. The van der Waals surface area contributed by atoms with Gasteiger partial charge in [0.05, 0.1) is 18.7 Å². The molecule has 1 aliphatic heterocycles. The quantitative estimate of drug-likeness (QED) is 0.741. The minimum Gasteiger partial charge on any atom is -0.379 e. The zero-order chi connectivity index (χ0) is 16.4. The summed E-state index contributed by atoms with van der Waals surface area (Å²) in [6, 6.07) is 8.33. The van der Waals surface area contributed by atoms with Crippen molar-refractivity contribution in [2.75, 3.05) is 32.8 Å². The smallest absolute Gasteiger partial charge is 0.140 e. The van der Waals surface area contributed by atoms with Crippen molar-refractivity contribution in [3.8, 4) is 11.4 Å². The molecule has 1 aliphatic rings. The minimum absolute atomic E-state index is 0.838. The van der Waals surface area contributed by atoms with Crippen molar-refractivity contribution in [1.82, 2.24) is 19.4 Å². The number of hydrogen-bond donors (Lipinski definition) is 0. The summed E-state index contributed by atoms with van der Waals surface area (Å²) in [7, 11) is 0. The molecule has 0 bridgehead atoms. The Morgan fingerprint density at radius 2 is 1.92 bits per heavy atom. The van der Waals surface area contributed by atoms with Crippen LogP contribution in [0.4, 0.5) is 0 Å². The first-order valence-electron chi connectivity index (χ1n) is 8.49. The van der Waals surface area contributed by atoms with Gasteiger partial charge in [-0.25, -0.2) is 4.98 Å². The van der Waals surface area contributed by atoms with Crippen LogP contribution in [-0.2, 0) is 11.3 Å². The van der Waals surface area contributed by atoms with Gasteiger partial charge in [-0.3, -0.25) is 9.88 Å². The molecule has 24 heavy (non-hydrogen) atoms. The third-order valence-corrected chi connectivity index (χ3v) is 4.69. The molecule has 1 aromatic carbocycles. The Balaban J connectivity index is 1.66. The summed E-state index contributed by atoms with van der Waals surface area (Å²) in [5, 5.41) is 1.16. The van der Waals surface area contributed by atoms with Crippen LogP contribution >= 0.6 is 0 Å². The Hall–Kier alpha value is -2.24. The Labute approximate surface area is 141 Å². The molecule has 4 rings (SSSR count). The largest absolute Gasteiger partial charge is 0.379 e. The summed E-state index contributed by atoms with van der Waals surface area (Å²) in [6.45, 7) is 7.81. The lowest BCUT2D eigenvalue weighted by atomic mass is 10.0. The lowest BCUT2D eigenvalue weighted by Gasteiger charge is -2.26. The van der Waals surface area contributed by atoms with E-state index in [9.17, 15) is 0 Å². The molecule has 1 fully saturated rings. The molecular weight excluding hydrogens is 300 g/mol. The number of ether oxygens (including phenoxy) is 1. The van der Waals surface area contributed by atoms with E-state index in [1.165, 1.54) is 11.1 Å². The van der Waals surface area contributed by atoms with Gasteiger partial charge in [-0.2, -0.15) is 0 Å². The summed E-state index contributed by atoms with van der Waals surface area (Å²) in [5.41, 5.74) is 3.43. The Kier molecular flexibility index (Phi) is 4.28. The number of morpholine rings is 1. The Morgan fingerprint density at radius 1 is 1.04 bits per heavy atom. The lowest BCUT2D eigenvalue weighted by molar-refractivity contribution is 0.0364. The van der Waals surface area contributed by atoms with E-state index in [2.05, 4.69) is 50.8 Å². The fourth-order valence-electron chi connectivity index (χ4n) is 3.35. The SMILES string of the molecule is Cc1ccc2ncccc2c1-c1nccn1CCN1CCOCC1. The maximum Gasteiger partial charge on any atom is 0.140 e. The van der Waals surface area contributed by atoms with E-state index in [0.29, 0.717) is 0 Å². The number of aromatic nitrogens is 3. The molecule has 1 saturated heterocycles. The summed E-state index contributed by atoms with van der Waals surface area (Å²) in [4.78, 5) is 11.6. The van der Waals surface area contributed by atoms with Crippen LogP contribution in [0.3, 0.4) is 0 Å². The second-order valence-corrected chi connectivity index (χ2v) is 6.23. The monoisotopic (exact) mass is 322 g/mol. The van der Waals surface area contributed by atoms with E-state index in [-0.39, 0.29) is 0 Å². The van der Waals surface area contributed by atoms with Crippen molar-refractivity contribution in [1.29, 1.82) is 0 Å². The molecule has 5 nitrogen and oxygen atoms in total. The van der Waals surface area contributed by atoms with Crippen molar-refractivity contribution in [3.05, 3.63) is 48.4 Å². The van der Waals surface area contributed by atoms with Crippen LogP contribution in [-0.4, -0.2) is 52.3 Å². The molecule has 3 aromatic rings. The highest BCUT2D eigenvalue weighted by molar-refractivity contribution is 5.94. The van der Waals surface area contributed by atoms with Crippen LogP contribution in [0.2, 0.25) is 0 Å². The average Bonchev–Trinajstić information content (AvgIpc) is 3.09. The predicted molar refractivity (Wildman–Crippen MR) is 95.0 cm³/mol. The molecule has 3 heterocycles. The van der Waals surface area contributed by atoms with Crippen LogP contribution in [0, 0.1) is 6.92 Å². The van der Waals surface area contributed by atoms with E-state index in [4.69, 9.17) is 4.74 Å². The van der Waals surface area contributed by atoms with Crippen molar-refractivity contribution in [2.24, 2.45) is 0 Å². The third-order valence-electron chi connectivity index (χ3n) is 4.69. The van der Waals surface area contributed by atoms with E-state index in [0.717, 1.165) is 56.1 Å². The van der Waals surface area contributed by atoms with Gasteiger partial charge in [0.25, 0.3) is 0 Å². The Morgan fingerprint density at radius 3 is 2.79 bits per heavy atom. The average molecular weight is 322 g/mol. The zero-order valence-corrected chi connectivity index (χ0v) is 14.0. The molecule has 0 unspecified atom stereocenters. The van der Waals surface area contributed by atoms with E-state index in [1.54, 1.807) is 0 Å². The summed E-state index contributed by atoms with van der Waals surface area (Å²) < 4.78 is 7.68. The lowest BCUT2D eigenvalue weighted by Crippen LogP contribution is -2.38. The van der Waals surface area contributed by atoms with Gasteiger partial charge in [-0.05, 0) is 24.6 Å². The van der Waals surface area contributed by atoms with E-state index < -0.39 is 0 Å². The molecule has 0 atom stereocenters. The Bertz CT molecular complexity index is 836. The first-order valence-corrected chi connectivity index (χ1v) is 8.49. The fourth-order valence-corrected chi connectivity index (χ4v) is 3.35. The number of nitrogens with zero attached hydrogens (tertiary/aromatic N) is 4. The number of hydrogen-bond acceptors (Lipinski definition) is 4. The number of imidazole rings is 1. The molecule has 0 N–H and O–H groups in total. The van der Waals surface area contributed by atoms with E-state index >= 15 is 0 Å². The number of aryl methyl sites for hydroxylation is 1. The van der Waals surface area contributed by atoms with Crippen molar-refractivity contribution < 1.29 is 4.74 Å². The summed E-state index contributed by atoms with van der Waals surface area (Å²) >= 11 is 0. The molecule has 2 aromatic heterocycles. The van der Waals surface area contributed by atoms with Gasteiger partial charge < -0.3 is 9.30 Å². The second kappa shape index (κ2) is 6.71. The normalized spacial score (nSPS) is 15.9. The summed E-state index contributed by atoms with van der Waals surface area (Å²) in [6.07, 6.45) is 5.81. The number of benzene rings is 1. The predicted octanol–water partition coefficient (Wildman–Crippen LogP) is 2.74. The van der Waals surface area contributed by atoms with Gasteiger partial charge in [-0.1, -0.05) is 12.1 Å². The van der Waals surface area contributed by atoms with Crippen LogP contribution in [0.1, 0.15) is 5.56 Å². The highest BCUT2D eigenvalue weighted by Gasteiger charge is 2.15. The molecule has 0 spiro atoms. The molecule has 5 heteroatoms. The molecule has 124 valence electrons. The molecule has 0 saturated carbocycles. The molecule has 0 radical (unpaired) electrons. The topological polar surface area (TPSA) is 43.2 Å². The zero-order valence-electron chi connectivity index (χ0n) is 14.0.